The van der Waals surface area contributed by atoms with Crippen LogP contribution in [0.3, 0.4) is 0 Å². The van der Waals surface area contributed by atoms with E-state index < -0.39 is 0 Å². The van der Waals surface area contributed by atoms with Crippen LogP contribution < -0.4 is 15.0 Å². The molecular formula is C20H30N4O4. The number of anilines is 1. The number of carbonyl (C=O) groups is 2. The average molecular weight is 390 g/mol. The van der Waals surface area contributed by atoms with Gasteiger partial charge in [-0.05, 0) is 31.9 Å². The van der Waals surface area contributed by atoms with Crippen LogP contribution in [0.25, 0.3) is 0 Å². The minimum atomic E-state index is -0.263. The summed E-state index contributed by atoms with van der Waals surface area (Å²) in [5.41, 5.74) is 1.12. The van der Waals surface area contributed by atoms with Gasteiger partial charge in [-0.3, -0.25) is 0 Å². The summed E-state index contributed by atoms with van der Waals surface area (Å²) in [7, 11) is 1.67. The Labute approximate surface area is 166 Å². The maximum absolute atomic E-state index is 12.6. The van der Waals surface area contributed by atoms with E-state index in [0.29, 0.717) is 32.8 Å². The van der Waals surface area contributed by atoms with Gasteiger partial charge < -0.3 is 29.5 Å². The number of methoxy groups -OCH3 is 1. The Morgan fingerprint density at radius 3 is 2.43 bits per heavy atom. The molecule has 154 valence electrons. The number of piperazine rings is 1. The van der Waals surface area contributed by atoms with E-state index in [4.69, 9.17) is 9.47 Å². The summed E-state index contributed by atoms with van der Waals surface area (Å²) >= 11 is 0. The Kier molecular flexibility index (Phi) is 6.84. The molecule has 0 spiro atoms. The van der Waals surface area contributed by atoms with Crippen molar-refractivity contribution < 1.29 is 19.1 Å². The second kappa shape index (κ2) is 9.52. The predicted molar refractivity (Wildman–Crippen MR) is 107 cm³/mol. The van der Waals surface area contributed by atoms with Crippen molar-refractivity contribution in [2.45, 2.75) is 25.8 Å². The van der Waals surface area contributed by atoms with Crippen molar-refractivity contribution in [3.05, 3.63) is 24.3 Å². The van der Waals surface area contributed by atoms with Gasteiger partial charge in [0, 0.05) is 57.1 Å². The van der Waals surface area contributed by atoms with E-state index in [1.807, 2.05) is 23.1 Å². The van der Waals surface area contributed by atoms with E-state index in [0.717, 1.165) is 37.4 Å². The summed E-state index contributed by atoms with van der Waals surface area (Å²) in [4.78, 5) is 30.2. The minimum Gasteiger partial charge on any atom is -0.497 e. The fourth-order valence-corrected chi connectivity index (χ4v) is 3.66. The summed E-state index contributed by atoms with van der Waals surface area (Å²) in [6, 6.07) is 8.09. The number of amides is 3. The SMILES string of the molecule is CCOC(=O)N1CCC(NC(=O)N2CCN(c3cccc(OC)c3)CC2)CC1. The van der Waals surface area contributed by atoms with Crippen molar-refractivity contribution in [1.82, 2.24) is 15.1 Å². The molecule has 28 heavy (non-hydrogen) atoms. The van der Waals surface area contributed by atoms with Crippen molar-refractivity contribution in [2.75, 3.05) is 57.9 Å². The number of likely N-dealkylation sites (tertiary alicyclic amines) is 1. The molecule has 0 atom stereocenters. The first-order chi connectivity index (χ1) is 13.6. The molecule has 1 N–H and O–H groups in total. The van der Waals surface area contributed by atoms with Crippen LogP contribution in [0.2, 0.25) is 0 Å². The molecule has 0 unspecified atom stereocenters. The number of hydrogen-bond donors (Lipinski definition) is 1. The molecule has 8 nitrogen and oxygen atoms in total. The van der Waals surface area contributed by atoms with Crippen LogP contribution in [-0.2, 0) is 4.74 Å². The van der Waals surface area contributed by atoms with E-state index in [1.54, 1.807) is 18.9 Å². The molecule has 1 aromatic carbocycles. The number of piperidine rings is 1. The largest absolute Gasteiger partial charge is 0.497 e. The molecule has 0 saturated carbocycles. The molecule has 0 bridgehead atoms. The standard InChI is InChI=1S/C20H30N4O4/c1-3-28-20(26)24-9-7-16(8-10-24)21-19(25)23-13-11-22(12-14-23)17-5-4-6-18(15-17)27-2/h4-6,15-16H,3,7-14H2,1-2H3,(H,21,25). The van der Waals surface area contributed by atoms with Crippen molar-refractivity contribution >= 4 is 17.8 Å². The molecule has 8 heteroatoms. The third-order valence-corrected chi connectivity index (χ3v) is 5.33. The number of benzene rings is 1. The third kappa shape index (κ3) is 4.99. The Hall–Kier alpha value is -2.64. The number of ether oxygens (including phenoxy) is 2. The average Bonchev–Trinajstić information content (AvgIpc) is 2.74. The number of carbonyl (C=O) groups excluding carboxylic acids is 2. The van der Waals surface area contributed by atoms with Gasteiger partial charge in [-0.1, -0.05) is 6.07 Å². The van der Waals surface area contributed by atoms with Crippen LogP contribution in [0.4, 0.5) is 15.3 Å². The highest BCUT2D eigenvalue weighted by atomic mass is 16.6. The summed E-state index contributed by atoms with van der Waals surface area (Å²) < 4.78 is 10.3. The zero-order valence-electron chi connectivity index (χ0n) is 16.7. The Bertz CT molecular complexity index is 668. The van der Waals surface area contributed by atoms with Gasteiger partial charge in [-0.2, -0.15) is 0 Å². The van der Waals surface area contributed by atoms with Crippen LogP contribution in [-0.4, -0.2) is 81.0 Å². The fraction of sp³-hybridized carbons (Fsp3) is 0.600. The highest BCUT2D eigenvalue weighted by Gasteiger charge is 2.27. The van der Waals surface area contributed by atoms with E-state index >= 15 is 0 Å². The molecule has 2 fully saturated rings. The molecule has 0 aromatic heterocycles. The number of urea groups is 1. The number of hydrogen-bond acceptors (Lipinski definition) is 5. The zero-order chi connectivity index (χ0) is 19.9. The second-order valence-corrected chi connectivity index (χ2v) is 7.09. The lowest BCUT2D eigenvalue weighted by Crippen LogP contribution is -2.55. The number of nitrogens with one attached hydrogen (secondary N) is 1. The van der Waals surface area contributed by atoms with E-state index in [9.17, 15) is 9.59 Å². The molecule has 2 saturated heterocycles. The summed E-state index contributed by atoms with van der Waals surface area (Å²) in [5.74, 6) is 0.840. The lowest BCUT2D eigenvalue weighted by Gasteiger charge is -2.38. The predicted octanol–water partition coefficient (Wildman–Crippen LogP) is 2.15. The van der Waals surface area contributed by atoms with Crippen LogP contribution in [0.1, 0.15) is 19.8 Å². The first kappa shape index (κ1) is 20.1. The Morgan fingerprint density at radius 1 is 1.07 bits per heavy atom. The van der Waals surface area contributed by atoms with Crippen molar-refractivity contribution in [3.63, 3.8) is 0 Å². The van der Waals surface area contributed by atoms with Crippen LogP contribution in [0.15, 0.2) is 24.3 Å². The van der Waals surface area contributed by atoms with Gasteiger partial charge >= 0.3 is 12.1 Å². The molecule has 2 heterocycles. The summed E-state index contributed by atoms with van der Waals surface area (Å²) in [6.45, 7) is 6.39. The number of nitrogens with zero attached hydrogens (tertiary/aromatic N) is 3. The van der Waals surface area contributed by atoms with Gasteiger partial charge in [0.05, 0.1) is 13.7 Å². The maximum atomic E-state index is 12.6. The molecule has 1 aromatic rings. The van der Waals surface area contributed by atoms with Gasteiger partial charge in [0.25, 0.3) is 0 Å². The van der Waals surface area contributed by atoms with E-state index in [2.05, 4.69) is 16.3 Å². The molecule has 3 rings (SSSR count). The lowest BCUT2D eigenvalue weighted by molar-refractivity contribution is 0.0950. The van der Waals surface area contributed by atoms with E-state index in [-0.39, 0.29) is 18.2 Å². The summed E-state index contributed by atoms with van der Waals surface area (Å²) in [5, 5.41) is 3.12. The topological polar surface area (TPSA) is 74.4 Å². The second-order valence-electron chi connectivity index (χ2n) is 7.09. The first-order valence-electron chi connectivity index (χ1n) is 9.97. The smallest absolute Gasteiger partial charge is 0.409 e. The molecular weight excluding hydrogens is 360 g/mol. The molecule has 2 aliphatic rings. The summed E-state index contributed by atoms with van der Waals surface area (Å²) in [6.07, 6.45) is 1.25. The highest BCUT2D eigenvalue weighted by molar-refractivity contribution is 5.75. The van der Waals surface area contributed by atoms with Gasteiger partial charge in [-0.25, -0.2) is 9.59 Å². The van der Waals surface area contributed by atoms with Crippen LogP contribution in [0, 0.1) is 0 Å². The number of rotatable bonds is 4. The lowest BCUT2D eigenvalue weighted by atomic mass is 10.1. The molecule has 3 amide bonds. The van der Waals surface area contributed by atoms with Gasteiger partial charge in [0.1, 0.15) is 5.75 Å². The highest BCUT2D eigenvalue weighted by Crippen LogP contribution is 2.22. The van der Waals surface area contributed by atoms with Crippen LogP contribution >= 0.6 is 0 Å². The molecule has 0 radical (unpaired) electrons. The maximum Gasteiger partial charge on any atom is 0.409 e. The van der Waals surface area contributed by atoms with Crippen molar-refractivity contribution in [3.8, 4) is 5.75 Å². The van der Waals surface area contributed by atoms with Crippen molar-refractivity contribution in [2.24, 2.45) is 0 Å². The van der Waals surface area contributed by atoms with Crippen molar-refractivity contribution in [1.29, 1.82) is 0 Å². The van der Waals surface area contributed by atoms with Gasteiger partial charge in [-0.15, -0.1) is 0 Å². The minimum absolute atomic E-state index is 0.0140. The zero-order valence-corrected chi connectivity index (χ0v) is 16.7. The normalized spacial score (nSPS) is 18.0. The molecule has 2 aliphatic heterocycles. The van der Waals surface area contributed by atoms with Gasteiger partial charge in [0.2, 0.25) is 0 Å². The quantitative estimate of drug-likeness (QED) is 0.853. The fourth-order valence-electron chi connectivity index (χ4n) is 3.66. The Morgan fingerprint density at radius 2 is 1.79 bits per heavy atom. The molecule has 0 aliphatic carbocycles. The Balaban J connectivity index is 1.42. The monoisotopic (exact) mass is 390 g/mol. The van der Waals surface area contributed by atoms with E-state index in [1.165, 1.54) is 0 Å². The first-order valence-corrected chi connectivity index (χ1v) is 9.97. The van der Waals surface area contributed by atoms with Gasteiger partial charge in [0.15, 0.2) is 0 Å². The third-order valence-electron chi connectivity index (χ3n) is 5.33. The van der Waals surface area contributed by atoms with Crippen LogP contribution in [0.5, 0.6) is 5.75 Å².